The molecule has 1 N–H and O–H groups in total. The number of thiol groups is 1. The molecule has 1 aliphatic heterocycles. The third kappa shape index (κ3) is 6.15. The smallest absolute Gasteiger partial charge is 0.253 e. The summed E-state index contributed by atoms with van der Waals surface area (Å²) in [5.74, 6) is -0.556. The van der Waals surface area contributed by atoms with E-state index in [9.17, 15) is 18.0 Å². The van der Waals surface area contributed by atoms with Crippen LogP contribution in [-0.2, 0) is 16.5 Å². The lowest BCUT2D eigenvalue weighted by Gasteiger charge is -2.19. The Morgan fingerprint density at radius 3 is 2.28 bits per heavy atom. The second kappa shape index (κ2) is 11.3. The van der Waals surface area contributed by atoms with E-state index in [-0.39, 0.29) is 17.6 Å². The van der Waals surface area contributed by atoms with Gasteiger partial charge in [0.25, 0.3) is 11.8 Å². The summed E-state index contributed by atoms with van der Waals surface area (Å²) in [4.78, 5) is 28.4. The molecule has 1 saturated heterocycles. The van der Waals surface area contributed by atoms with Gasteiger partial charge >= 0.3 is 0 Å². The van der Waals surface area contributed by atoms with Gasteiger partial charge in [-0.15, -0.1) is 0 Å². The average Bonchev–Trinajstić information content (AvgIpc) is 3.40. The normalized spacial score (nSPS) is 14.2. The number of hydrogen-bond acceptors (Lipinski definition) is 4. The topological polar surface area (TPSA) is 83.5 Å². The lowest BCUT2D eigenvalue weighted by atomic mass is 9.97. The Kier molecular flexibility index (Phi) is 8.11. The summed E-state index contributed by atoms with van der Waals surface area (Å²) in [7, 11) is -2.63. The van der Waals surface area contributed by atoms with Gasteiger partial charge in [-0.25, -0.2) is 8.42 Å². The highest BCUT2D eigenvalue weighted by Gasteiger charge is 2.22. The number of amides is 2. The Morgan fingerprint density at radius 2 is 1.61 bits per heavy atom. The highest BCUT2D eigenvalue weighted by molar-refractivity contribution is 7.71. The van der Waals surface area contributed by atoms with Gasteiger partial charge in [-0.2, -0.15) is 0 Å². The fourth-order valence-corrected chi connectivity index (χ4v) is 5.20. The van der Waals surface area contributed by atoms with Crippen molar-refractivity contribution >= 4 is 34.1 Å². The minimum absolute atomic E-state index is 0.0716. The lowest BCUT2D eigenvalue weighted by Crippen LogP contribution is -2.29. The molecule has 0 aromatic heterocycles. The first-order chi connectivity index (χ1) is 17.2. The first-order valence-electron chi connectivity index (χ1n) is 11.9. The third-order valence-electron chi connectivity index (χ3n) is 6.44. The number of hydrogen-bond donors (Lipinski definition) is 2. The van der Waals surface area contributed by atoms with Crippen molar-refractivity contribution in [3.05, 3.63) is 93.5 Å². The summed E-state index contributed by atoms with van der Waals surface area (Å²) in [6.07, 6.45) is 1.97. The number of nitrogens with one attached hydrogen (secondary N) is 1. The van der Waals surface area contributed by atoms with Crippen molar-refractivity contribution < 1.29 is 18.0 Å². The standard InChI is InChI=1S/C28H29ClN2O4S/c1-18-5-7-20(8-6-18)22-14-23(16-24(15-22)28(33)31-11-3-4-12-31)27(32)30-19(2)21-9-10-26(29)25(13-21)17-36(34)35/h5-10,13-16,19,36H,3-4,11-12,17H2,1-2H3,(H,30,32). The van der Waals surface area contributed by atoms with Crippen molar-refractivity contribution in [2.75, 3.05) is 13.1 Å². The lowest BCUT2D eigenvalue weighted by molar-refractivity contribution is 0.0793. The monoisotopic (exact) mass is 524 g/mol. The molecule has 1 aliphatic rings. The van der Waals surface area contributed by atoms with E-state index < -0.39 is 16.7 Å². The van der Waals surface area contributed by atoms with E-state index in [0.717, 1.165) is 48.2 Å². The van der Waals surface area contributed by atoms with Gasteiger partial charge in [-0.3, -0.25) is 9.59 Å². The van der Waals surface area contributed by atoms with Crippen molar-refractivity contribution in [1.82, 2.24) is 10.2 Å². The maximum absolute atomic E-state index is 13.3. The van der Waals surface area contributed by atoms with Gasteiger partial charge in [0.15, 0.2) is 0 Å². The van der Waals surface area contributed by atoms with Crippen LogP contribution in [0.15, 0.2) is 60.7 Å². The van der Waals surface area contributed by atoms with Crippen LogP contribution in [0.5, 0.6) is 0 Å². The van der Waals surface area contributed by atoms with E-state index in [4.69, 9.17) is 11.6 Å². The summed E-state index contributed by atoms with van der Waals surface area (Å²) in [5.41, 5.74) is 4.95. The SMILES string of the molecule is Cc1ccc(-c2cc(C(=O)NC(C)c3ccc(Cl)c(C[SH](=O)=O)c3)cc(C(=O)N3CCCC3)c2)cc1. The zero-order valence-corrected chi connectivity index (χ0v) is 21.9. The Morgan fingerprint density at radius 1 is 0.944 bits per heavy atom. The molecule has 0 radical (unpaired) electrons. The van der Waals surface area contributed by atoms with Crippen molar-refractivity contribution in [2.24, 2.45) is 0 Å². The van der Waals surface area contributed by atoms with Crippen molar-refractivity contribution in [1.29, 1.82) is 0 Å². The minimum Gasteiger partial charge on any atom is -0.346 e. The Bertz CT molecular complexity index is 1350. The average molecular weight is 525 g/mol. The molecule has 0 aliphatic carbocycles. The van der Waals surface area contributed by atoms with Crippen LogP contribution in [0.25, 0.3) is 11.1 Å². The number of nitrogens with zero attached hydrogens (tertiary/aromatic N) is 1. The Balaban J connectivity index is 1.64. The summed E-state index contributed by atoms with van der Waals surface area (Å²) in [5, 5.41) is 3.35. The molecule has 1 unspecified atom stereocenters. The van der Waals surface area contributed by atoms with Gasteiger partial charge in [-0.05, 0) is 73.2 Å². The van der Waals surface area contributed by atoms with Gasteiger partial charge < -0.3 is 10.2 Å². The van der Waals surface area contributed by atoms with E-state index in [2.05, 4.69) is 5.32 Å². The first kappa shape index (κ1) is 25.9. The first-order valence-corrected chi connectivity index (χ1v) is 13.7. The van der Waals surface area contributed by atoms with Crippen molar-refractivity contribution in [3.8, 4) is 11.1 Å². The van der Waals surface area contributed by atoms with E-state index in [1.807, 2.05) is 49.1 Å². The largest absolute Gasteiger partial charge is 0.346 e. The van der Waals surface area contributed by atoms with Gasteiger partial charge in [0, 0.05) is 29.2 Å². The van der Waals surface area contributed by atoms with E-state index in [1.165, 1.54) is 0 Å². The van der Waals surface area contributed by atoms with Gasteiger partial charge in [0.2, 0.25) is 0 Å². The molecule has 8 heteroatoms. The summed E-state index contributed by atoms with van der Waals surface area (Å²) in [6, 6.07) is 17.9. The molecular formula is C28H29ClN2O4S. The quantitative estimate of drug-likeness (QED) is 0.418. The molecule has 0 spiro atoms. The van der Waals surface area contributed by atoms with E-state index in [1.54, 1.807) is 30.3 Å². The number of carbonyl (C=O) groups is 2. The van der Waals surface area contributed by atoms with Crippen LogP contribution in [0.1, 0.15) is 63.2 Å². The summed E-state index contributed by atoms with van der Waals surface area (Å²) >= 11 is 6.14. The molecule has 1 atom stereocenters. The molecule has 6 nitrogen and oxygen atoms in total. The van der Waals surface area contributed by atoms with Crippen LogP contribution in [0.2, 0.25) is 5.02 Å². The van der Waals surface area contributed by atoms with E-state index >= 15 is 0 Å². The molecule has 4 rings (SSSR count). The number of likely N-dealkylation sites (tertiary alicyclic amines) is 1. The highest BCUT2D eigenvalue weighted by Crippen LogP contribution is 2.26. The summed E-state index contributed by atoms with van der Waals surface area (Å²) < 4.78 is 22.4. The molecule has 188 valence electrons. The number of aryl methyl sites for hydroxylation is 1. The number of rotatable bonds is 7. The minimum atomic E-state index is -2.63. The van der Waals surface area contributed by atoms with Crippen LogP contribution in [0, 0.1) is 6.92 Å². The number of benzene rings is 3. The molecular weight excluding hydrogens is 496 g/mol. The number of halogens is 1. The fraction of sp³-hybridized carbons (Fsp3) is 0.286. The van der Waals surface area contributed by atoms with Gasteiger partial charge in [-0.1, -0.05) is 53.6 Å². The molecule has 1 heterocycles. The van der Waals surface area contributed by atoms with Crippen molar-refractivity contribution in [3.63, 3.8) is 0 Å². The molecule has 3 aromatic rings. The molecule has 2 amide bonds. The van der Waals surface area contributed by atoms with Crippen LogP contribution in [0.3, 0.4) is 0 Å². The van der Waals surface area contributed by atoms with Crippen LogP contribution in [0.4, 0.5) is 0 Å². The maximum Gasteiger partial charge on any atom is 0.253 e. The van der Waals surface area contributed by atoms with Gasteiger partial charge in [0.05, 0.1) is 11.8 Å². The molecule has 0 saturated carbocycles. The summed E-state index contributed by atoms with van der Waals surface area (Å²) in [6.45, 7) is 5.27. The predicted octanol–water partition coefficient (Wildman–Crippen LogP) is 5.15. The highest BCUT2D eigenvalue weighted by atomic mass is 35.5. The van der Waals surface area contributed by atoms with Crippen LogP contribution < -0.4 is 5.32 Å². The second-order valence-corrected chi connectivity index (χ2v) is 10.6. The third-order valence-corrected chi connectivity index (χ3v) is 7.40. The molecule has 3 aromatic carbocycles. The number of carbonyl (C=O) groups excluding carboxylic acids is 2. The Labute approximate surface area is 218 Å². The zero-order chi connectivity index (χ0) is 25.8. The van der Waals surface area contributed by atoms with E-state index in [0.29, 0.717) is 21.7 Å². The van der Waals surface area contributed by atoms with Crippen molar-refractivity contribution in [2.45, 2.75) is 38.5 Å². The maximum atomic E-state index is 13.3. The predicted molar refractivity (Wildman–Crippen MR) is 143 cm³/mol. The Hall–Kier alpha value is -3.16. The molecule has 0 bridgehead atoms. The fourth-order valence-electron chi connectivity index (χ4n) is 4.39. The molecule has 36 heavy (non-hydrogen) atoms. The van der Waals surface area contributed by atoms with Crippen LogP contribution >= 0.6 is 11.6 Å². The van der Waals surface area contributed by atoms with Crippen LogP contribution in [-0.4, -0.2) is 38.2 Å². The van der Waals surface area contributed by atoms with Gasteiger partial charge in [0.1, 0.15) is 10.7 Å². The molecule has 1 fully saturated rings. The second-order valence-electron chi connectivity index (χ2n) is 9.20. The zero-order valence-electron chi connectivity index (χ0n) is 20.3.